The van der Waals surface area contributed by atoms with E-state index < -0.39 is 0 Å². The van der Waals surface area contributed by atoms with Crippen LogP contribution in [0, 0.1) is 12.8 Å². The van der Waals surface area contributed by atoms with E-state index in [2.05, 4.69) is 58.5 Å². The largest absolute Gasteiger partial charge is 0.370 e. The summed E-state index contributed by atoms with van der Waals surface area (Å²) in [6.45, 7) is 13.7. The van der Waals surface area contributed by atoms with E-state index in [-0.39, 0.29) is 17.3 Å². The highest BCUT2D eigenvalue weighted by atomic mass is 16.6. The summed E-state index contributed by atoms with van der Waals surface area (Å²) < 4.78 is 12.7. The fourth-order valence-electron chi connectivity index (χ4n) is 3.91. The van der Waals surface area contributed by atoms with Gasteiger partial charge >= 0.3 is 0 Å². The normalized spacial score (nSPS) is 34.9. The minimum absolute atomic E-state index is 0.157. The summed E-state index contributed by atoms with van der Waals surface area (Å²) in [6, 6.07) is 8.42. The fraction of sp³-hybridized carbons (Fsp3) is 0.579. The molecule has 2 saturated heterocycles. The van der Waals surface area contributed by atoms with Gasteiger partial charge in [-0.1, -0.05) is 44.7 Å². The third-order valence-corrected chi connectivity index (χ3v) is 5.38. The molecule has 2 nitrogen and oxygen atoms in total. The molecule has 2 fully saturated rings. The lowest BCUT2D eigenvalue weighted by atomic mass is 9.73. The van der Waals surface area contributed by atoms with Crippen molar-refractivity contribution in [2.75, 3.05) is 0 Å². The van der Waals surface area contributed by atoms with Gasteiger partial charge in [0, 0.05) is 12.8 Å². The Balaban J connectivity index is 1.74. The Morgan fingerprint density at radius 2 is 2.10 bits per heavy atom. The number of hydrogen-bond acceptors (Lipinski definition) is 2. The van der Waals surface area contributed by atoms with Gasteiger partial charge in [0.05, 0.1) is 23.9 Å². The van der Waals surface area contributed by atoms with E-state index in [1.807, 2.05) is 0 Å². The van der Waals surface area contributed by atoms with Gasteiger partial charge in [0.1, 0.15) is 0 Å². The van der Waals surface area contributed by atoms with Gasteiger partial charge in [-0.2, -0.15) is 0 Å². The van der Waals surface area contributed by atoms with E-state index in [0.29, 0.717) is 12.5 Å². The summed E-state index contributed by atoms with van der Waals surface area (Å²) in [4.78, 5) is 0. The average Bonchev–Trinajstić information content (AvgIpc) is 2.86. The molecule has 2 heterocycles. The van der Waals surface area contributed by atoms with Crippen molar-refractivity contribution >= 4 is 0 Å². The molecule has 0 aliphatic carbocycles. The van der Waals surface area contributed by atoms with Crippen LogP contribution >= 0.6 is 0 Å². The molecule has 0 unspecified atom stereocenters. The number of rotatable bonds is 4. The van der Waals surface area contributed by atoms with Crippen LogP contribution in [0.4, 0.5) is 0 Å². The quantitative estimate of drug-likeness (QED) is 0.763. The Labute approximate surface area is 128 Å². The lowest BCUT2D eigenvalue weighted by Gasteiger charge is -2.33. The first-order valence-corrected chi connectivity index (χ1v) is 7.92. The Kier molecular flexibility index (Phi) is 3.50. The molecule has 0 spiro atoms. The average molecular weight is 286 g/mol. The Morgan fingerprint density at radius 3 is 2.71 bits per heavy atom. The second-order valence-corrected chi connectivity index (χ2v) is 7.17. The van der Waals surface area contributed by atoms with Crippen molar-refractivity contribution in [2.24, 2.45) is 5.92 Å². The van der Waals surface area contributed by atoms with Gasteiger partial charge in [0.25, 0.3) is 0 Å². The van der Waals surface area contributed by atoms with Crippen molar-refractivity contribution in [1.82, 2.24) is 0 Å². The Hall–Kier alpha value is -1.12. The zero-order valence-electron chi connectivity index (χ0n) is 13.6. The molecule has 2 heteroatoms. The predicted octanol–water partition coefficient (Wildman–Crippen LogP) is 4.41. The molecular weight excluding hydrogens is 260 g/mol. The summed E-state index contributed by atoms with van der Waals surface area (Å²) in [6.07, 6.45) is 2.01. The number of aryl methyl sites for hydroxylation is 1. The van der Waals surface area contributed by atoms with Crippen LogP contribution in [0.1, 0.15) is 44.7 Å². The molecule has 0 saturated carbocycles. The first kappa shape index (κ1) is 14.8. The van der Waals surface area contributed by atoms with Gasteiger partial charge in [-0.05, 0) is 36.5 Å². The standard InChI is InChI=1S/C19H26O2/c1-13(2)19-11-17(18(5,21-19)10-15(19)4)20-12-16-9-7-6-8-14(16)3/h6-9,13,17H,4,10-12H2,1-3,5H3/t17-,18+,19-/m1/s1. The molecule has 114 valence electrons. The molecule has 0 N–H and O–H groups in total. The summed E-state index contributed by atoms with van der Waals surface area (Å²) in [5.41, 5.74) is 3.42. The van der Waals surface area contributed by atoms with E-state index in [4.69, 9.17) is 9.47 Å². The van der Waals surface area contributed by atoms with Crippen LogP contribution in [-0.4, -0.2) is 17.3 Å². The molecule has 2 bridgehead atoms. The van der Waals surface area contributed by atoms with E-state index in [9.17, 15) is 0 Å². The predicted molar refractivity (Wildman–Crippen MR) is 85.2 cm³/mol. The van der Waals surface area contributed by atoms with E-state index in [0.717, 1.165) is 12.8 Å². The highest BCUT2D eigenvalue weighted by molar-refractivity contribution is 5.31. The summed E-state index contributed by atoms with van der Waals surface area (Å²) in [5, 5.41) is 0. The second kappa shape index (κ2) is 4.96. The summed E-state index contributed by atoms with van der Waals surface area (Å²) in [5.74, 6) is 0.443. The molecule has 1 aromatic rings. The molecule has 21 heavy (non-hydrogen) atoms. The van der Waals surface area contributed by atoms with E-state index in [1.165, 1.54) is 16.7 Å². The molecule has 0 amide bonds. The van der Waals surface area contributed by atoms with Crippen LogP contribution in [0.5, 0.6) is 0 Å². The SMILES string of the molecule is C=C1C[C@]2(C)O[C@@]1(C(C)C)C[C@H]2OCc1ccccc1C. The van der Waals surface area contributed by atoms with Crippen LogP contribution in [0.3, 0.4) is 0 Å². The van der Waals surface area contributed by atoms with Crippen LogP contribution in [0.15, 0.2) is 36.4 Å². The highest BCUT2D eigenvalue weighted by Gasteiger charge is 2.62. The maximum absolute atomic E-state index is 6.43. The minimum atomic E-state index is -0.204. The lowest BCUT2D eigenvalue weighted by Crippen LogP contribution is -2.39. The molecule has 2 aliphatic heterocycles. The maximum Gasteiger partial charge on any atom is 0.0966 e. The van der Waals surface area contributed by atoms with Crippen molar-refractivity contribution in [2.45, 2.75) is 64.4 Å². The van der Waals surface area contributed by atoms with Gasteiger partial charge in [-0.3, -0.25) is 0 Å². The lowest BCUT2D eigenvalue weighted by molar-refractivity contribution is -0.0939. The number of fused-ring (bicyclic) bond motifs is 2. The Bertz CT molecular complexity index is 562. The zero-order valence-corrected chi connectivity index (χ0v) is 13.6. The highest BCUT2D eigenvalue weighted by Crippen LogP contribution is 2.57. The molecule has 0 radical (unpaired) electrons. The summed E-state index contributed by atoms with van der Waals surface area (Å²) in [7, 11) is 0. The first-order valence-electron chi connectivity index (χ1n) is 7.92. The van der Waals surface area contributed by atoms with Crippen molar-refractivity contribution in [1.29, 1.82) is 0 Å². The van der Waals surface area contributed by atoms with Gasteiger partial charge in [0.15, 0.2) is 0 Å². The van der Waals surface area contributed by atoms with Crippen molar-refractivity contribution in [3.63, 3.8) is 0 Å². The zero-order chi connectivity index (χ0) is 15.3. The van der Waals surface area contributed by atoms with Crippen molar-refractivity contribution in [3.8, 4) is 0 Å². The van der Waals surface area contributed by atoms with Crippen LogP contribution in [0.25, 0.3) is 0 Å². The van der Waals surface area contributed by atoms with Crippen LogP contribution in [-0.2, 0) is 16.1 Å². The molecule has 3 atom stereocenters. The van der Waals surface area contributed by atoms with Gasteiger partial charge < -0.3 is 9.47 Å². The van der Waals surface area contributed by atoms with Gasteiger partial charge in [-0.15, -0.1) is 0 Å². The monoisotopic (exact) mass is 286 g/mol. The summed E-state index contributed by atoms with van der Waals surface area (Å²) >= 11 is 0. The maximum atomic E-state index is 6.43. The van der Waals surface area contributed by atoms with Gasteiger partial charge in [-0.25, -0.2) is 0 Å². The number of hydrogen-bond donors (Lipinski definition) is 0. The Morgan fingerprint density at radius 1 is 1.38 bits per heavy atom. The molecule has 2 aliphatic rings. The third-order valence-electron chi connectivity index (χ3n) is 5.38. The molecule has 3 rings (SSSR count). The number of benzene rings is 1. The smallest absolute Gasteiger partial charge is 0.0966 e. The van der Waals surface area contributed by atoms with Crippen LogP contribution < -0.4 is 0 Å². The molecule has 0 aromatic heterocycles. The van der Waals surface area contributed by atoms with E-state index in [1.54, 1.807) is 0 Å². The second-order valence-electron chi connectivity index (χ2n) is 7.17. The molecule has 1 aromatic carbocycles. The van der Waals surface area contributed by atoms with Gasteiger partial charge in [0.2, 0.25) is 0 Å². The molecular formula is C19H26O2. The van der Waals surface area contributed by atoms with Crippen molar-refractivity contribution in [3.05, 3.63) is 47.5 Å². The first-order chi connectivity index (χ1) is 9.87. The topological polar surface area (TPSA) is 18.5 Å². The minimum Gasteiger partial charge on any atom is -0.370 e. The third kappa shape index (κ3) is 2.25. The van der Waals surface area contributed by atoms with Crippen LogP contribution in [0.2, 0.25) is 0 Å². The number of ether oxygens (including phenoxy) is 2. The van der Waals surface area contributed by atoms with Crippen molar-refractivity contribution < 1.29 is 9.47 Å². The van der Waals surface area contributed by atoms with E-state index >= 15 is 0 Å². The fourth-order valence-corrected chi connectivity index (χ4v) is 3.91.